The number of carboxylic acid groups (broad SMARTS) is 2. The summed E-state index contributed by atoms with van der Waals surface area (Å²) in [6.45, 7) is 0. The number of aliphatic carboxylic acids is 2. The Morgan fingerprint density at radius 3 is 2.52 bits per heavy atom. The number of benzene rings is 1. The van der Waals surface area contributed by atoms with Crippen LogP contribution in [-0.2, 0) is 9.59 Å². The molecular weight excluding hydrogens is 302 g/mol. The van der Waals surface area contributed by atoms with Gasteiger partial charge in [-0.2, -0.15) is 0 Å². The van der Waals surface area contributed by atoms with E-state index in [2.05, 4.69) is 5.32 Å². The number of carbonyl (C=O) groups excluding carboxylic acids is 1. The molecule has 0 heterocycles. The molecule has 0 aromatic heterocycles. The topological polar surface area (TPSA) is 113 Å². The van der Waals surface area contributed by atoms with E-state index in [4.69, 9.17) is 26.6 Å². The van der Waals surface area contributed by atoms with E-state index in [1.54, 1.807) is 0 Å². The van der Waals surface area contributed by atoms with E-state index in [-0.39, 0.29) is 24.2 Å². The largest absolute Gasteiger partial charge is 0.496 e. The lowest BCUT2D eigenvalue weighted by Crippen LogP contribution is -2.41. The van der Waals surface area contributed by atoms with Crippen LogP contribution in [0.4, 0.5) is 0 Å². The molecule has 0 aliphatic heterocycles. The van der Waals surface area contributed by atoms with Gasteiger partial charge in [0.25, 0.3) is 5.91 Å². The fourth-order valence-corrected chi connectivity index (χ4v) is 1.78. The van der Waals surface area contributed by atoms with Crippen LogP contribution in [0, 0.1) is 0 Å². The number of carboxylic acids is 2. The third-order valence-corrected chi connectivity index (χ3v) is 2.89. The lowest BCUT2D eigenvalue weighted by atomic mass is 10.1. The molecule has 1 atom stereocenters. The molecule has 0 radical (unpaired) electrons. The molecule has 21 heavy (non-hydrogen) atoms. The van der Waals surface area contributed by atoms with Gasteiger partial charge in [0.2, 0.25) is 0 Å². The summed E-state index contributed by atoms with van der Waals surface area (Å²) >= 11 is 5.77. The van der Waals surface area contributed by atoms with Gasteiger partial charge in [-0.05, 0) is 24.6 Å². The van der Waals surface area contributed by atoms with Crippen molar-refractivity contribution in [2.75, 3.05) is 7.11 Å². The van der Waals surface area contributed by atoms with Gasteiger partial charge in [0.05, 0.1) is 12.7 Å². The predicted octanol–water partition coefficient (Wildman–Crippen LogP) is 1.40. The quantitative estimate of drug-likeness (QED) is 0.701. The molecule has 1 aromatic rings. The van der Waals surface area contributed by atoms with Crippen LogP contribution in [0.5, 0.6) is 5.75 Å². The standard InChI is InChI=1S/C13H14ClNO6/c1-21-10-6-7(14)2-3-8(10)12(18)15-9(13(19)20)4-5-11(16)17/h2-3,6,9H,4-5H2,1H3,(H,15,18)(H,16,17)(H,19,20). The first-order chi connectivity index (χ1) is 9.85. The van der Waals surface area contributed by atoms with E-state index in [9.17, 15) is 14.4 Å². The average molecular weight is 316 g/mol. The van der Waals surface area contributed by atoms with Crippen molar-refractivity contribution in [1.29, 1.82) is 0 Å². The van der Waals surface area contributed by atoms with E-state index < -0.39 is 23.9 Å². The number of rotatable bonds is 7. The van der Waals surface area contributed by atoms with Crippen molar-refractivity contribution in [3.63, 3.8) is 0 Å². The average Bonchev–Trinajstić information content (AvgIpc) is 2.42. The van der Waals surface area contributed by atoms with Crippen LogP contribution in [0.2, 0.25) is 5.02 Å². The SMILES string of the molecule is COc1cc(Cl)ccc1C(=O)NC(CCC(=O)O)C(=O)O. The normalized spacial score (nSPS) is 11.5. The van der Waals surface area contributed by atoms with Crippen molar-refractivity contribution in [3.8, 4) is 5.75 Å². The van der Waals surface area contributed by atoms with Crippen LogP contribution >= 0.6 is 11.6 Å². The maximum Gasteiger partial charge on any atom is 0.326 e. The third kappa shape index (κ3) is 4.96. The number of hydrogen-bond acceptors (Lipinski definition) is 4. The molecule has 7 nitrogen and oxygen atoms in total. The number of amides is 1. The molecule has 0 saturated carbocycles. The Bertz CT molecular complexity index is 560. The Morgan fingerprint density at radius 2 is 2.00 bits per heavy atom. The summed E-state index contributed by atoms with van der Waals surface area (Å²) < 4.78 is 5.00. The molecule has 114 valence electrons. The Kier molecular flexibility index (Phi) is 5.98. The molecule has 0 aliphatic carbocycles. The highest BCUT2D eigenvalue weighted by Crippen LogP contribution is 2.23. The van der Waals surface area contributed by atoms with Crippen molar-refractivity contribution < 1.29 is 29.3 Å². The first kappa shape index (κ1) is 16.8. The Labute approximate surface area is 125 Å². The Balaban J connectivity index is 2.86. The van der Waals surface area contributed by atoms with Crippen molar-refractivity contribution in [3.05, 3.63) is 28.8 Å². The fourth-order valence-electron chi connectivity index (χ4n) is 1.61. The molecule has 0 fully saturated rings. The molecule has 1 aromatic carbocycles. The summed E-state index contributed by atoms with van der Waals surface area (Å²) in [7, 11) is 1.35. The highest BCUT2D eigenvalue weighted by molar-refractivity contribution is 6.30. The van der Waals surface area contributed by atoms with Crippen LogP contribution in [0.3, 0.4) is 0 Å². The number of nitrogens with one attached hydrogen (secondary N) is 1. The second kappa shape index (κ2) is 7.49. The van der Waals surface area contributed by atoms with E-state index in [1.165, 1.54) is 25.3 Å². The molecular formula is C13H14ClNO6. The highest BCUT2D eigenvalue weighted by atomic mass is 35.5. The summed E-state index contributed by atoms with van der Waals surface area (Å²) in [5.41, 5.74) is 0.114. The third-order valence-electron chi connectivity index (χ3n) is 2.66. The van der Waals surface area contributed by atoms with Crippen LogP contribution in [0.1, 0.15) is 23.2 Å². The van der Waals surface area contributed by atoms with E-state index in [1.807, 2.05) is 0 Å². The molecule has 3 N–H and O–H groups in total. The molecule has 0 spiro atoms. The Morgan fingerprint density at radius 1 is 1.33 bits per heavy atom. The minimum Gasteiger partial charge on any atom is -0.496 e. The number of ether oxygens (including phenoxy) is 1. The van der Waals surface area contributed by atoms with Crippen molar-refractivity contribution in [2.45, 2.75) is 18.9 Å². The fraction of sp³-hybridized carbons (Fsp3) is 0.308. The van der Waals surface area contributed by atoms with Crippen molar-refractivity contribution in [2.24, 2.45) is 0 Å². The number of hydrogen-bond donors (Lipinski definition) is 3. The molecule has 1 amide bonds. The van der Waals surface area contributed by atoms with Gasteiger partial charge in [0.1, 0.15) is 11.8 Å². The predicted molar refractivity (Wildman–Crippen MR) is 73.8 cm³/mol. The molecule has 1 unspecified atom stereocenters. The maximum atomic E-state index is 12.1. The van der Waals surface area contributed by atoms with E-state index >= 15 is 0 Å². The number of methoxy groups -OCH3 is 1. The zero-order valence-corrected chi connectivity index (χ0v) is 11.9. The molecule has 0 saturated heterocycles. The molecule has 1 rings (SSSR count). The highest BCUT2D eigenvalue weighted by Gasteiger charge is 2.23. The van der Waals surface area contributed by atoms with Crippen LogP contribution < -0.4 is 10.1 Å². The van der Waals surface area contributed by atoms with Crippen LogP contribution in [-0.4, -0.2) is 41.2 Å². The van der Waals surface area contributed by atoms with Gasteiger partial charge in [-0.25, -0.2) is 4.79 Å². The van der Waals surface area contributed by atoms with E-state index in [0.717, 1.165) is 0 Å². The first-order valence-corrected chi connectivity index (χ1v) is 6.32. The lowest BCUT2D eigenvalue weighted by molar-refractivity contribution is -0.140. The van der Waals surface area contributed by atoms with Gasteiger partial charge in [-0.3, -0.25) is 9.59 Å². The van der Waals surface area contributed by atoms with Gasteiger partial charge in [0.15, 0.2) is 0 Å². The van der Waals surface area contributed by atoms with Gasteiger partial charge in [-0.1, -0.05) is 11.6 Å². The summed E-state index contributed by atoms with van der Waals surface area (Å²) in [6.07, 6.45) is -0.582. The maximum absolute atomic E-state index is 12.1. The smallest absolute Gasteiger partial charge is 0.326 e. The minimum atomic E-state index is -1.31. The summed E-state index contributed by atoms with van der Waals surface area (Å²) in [6, 6.07) is 2.98. The van der Waals surface area contributed by atoms with Crippen LogP contribution in [0.25, 0.3) is 0 Å². The summed E-state index contributed by atoms with van der Waals surface area (Å²) in [5.74, 6) is -2.93. The zero-order chi connectivity index (χ0) is 16.0. The van der Waals surface area contributed by atoms with Crippen molar-refractivity contribution in [1.82, 2.24) is 5.32 Å². The van der Waals surface area contributed by atoms with Crippen LogP contribution in [0.15, 0.2) is 18.2 Å². The van der Waals surface area contributed by atoms with E-state index in [0.29, 0.717) is 5.02 Å². The second-order valence-corrected chi connectivity index (χ2v) is 4.58. The number of halogens is 1. The molecule has 0 aliphatic rings. The Hall–Kier alpha value is -2.28. The number of carbonyl (C=O) groups is 3. The summed E-state index contributed by atoms with van der Waals surface area (Å²) in [4.78, 5) is 33.6. The monoisotopic (exact) mass is 315 g/mol. The molecule has 0 bridgehead atoms. The minimum absolute atomic E-state index is 0.114. The van der Waals surface area contributed by atoms with Gasteiger partial charge in [-0.15, -0.1) is 0 Å². The second-order valence-electron chi connectivity index (χ2n) is 4.14. The first-order valence-electron chi connectivity index (χ1n) is 5.94. The lowest BCUT2D eigenvalue weighted by Gasteiger charge is -2.15. The zero-order valence-electron chi connectivity index (χ0n) is 11.1. The van der Waals surface area contributed by atoms with Crippen molar-refractivity contribution >= 4 is 29.4 Å². The molecule has 8 heteroatoms. The van der Waals surface area contributed by atoms with Gasteiger partial charge >= 0.3 is 11.9 Å². The summed E-state index contributed by atoms with van der Waals surface area (Å²) in [5, 5.41) is 20.2. The van der Waals surface area contributed by atoms with Gasteiger partial charge < -0.3 is 20.3 Å². The van der Waals surface area contributed by atoms with Gasteiger partial charge in [0, 0.05) is 11.4 Å².